The van der Waals surface area contributed by atoms with E-state index in [1.165, 1.54) is 48.5 Å². The lowest BCUT2D eigenvalue weighted by molar-refractivity contribution is 0.0653. The molecule has 0 amide bonds. The van der Waals surface area contributed by atoms with Crippen molar-refractivity contribution >= 4 is 20.2 Å². The van der Waals surface area contributed by atoms with Crippen LogP contribution in [-0.2, 0) is 26.8 Å². The Kier molecular flexibility index (Phi) is 6.14. The molecule has 0 aliphatic carbocycles. The van der Waals surface area contributed by atoms with Crippen molar-refractivity contribution < 1.29 is 33.4 Å². The Morgan fingerprint density at radius 2 is 1.08 bits per heavy atom. The number of rotatable bonds is 6. The predicted molar refractivity (Wildman–Crippen MR) is 83.2 cm³/mol. The summed E-state index contributed by atoms with van der Waals surface area (Å²) in [6.07, 6.45) is 0. The summed E-state index contributed by atoms with van der Waals surface area (Å²) < 4.78 is 20.8. The number of hydrogen-bond acceptors (Lipinski definition) is 7. The SMILES string of the molecule is O=C(O[P+](=O)OC(=O)c1ccc(CO)cc1)c1ccc(CO)cc1. The molecule has 0 aliphatic rings. The van der Waals surface area contributed by atoms with Gasteiger partial charge in [-0.15, -0.1) is 0 Å². The lowest BCUT2D eigenvalue weighted by atomic mass is 10.1. The second-order valence-corrected chi connectivity index (χ2v) is 5.50. The van der Waals surface area contributed by atoms with Crippen molar-refractivity contribution in [3.63, 3.8) is 0 Å². The fraction of sp³-hybridized carbons (Fsp3) is 0.125. The normalized spacial score (nSPS) is 10.1. The van der Waals surface area contributed by atoms with E-state index in [9.17, 15) is 14.2 Å². The molecule has 0 atom stereocenters. The highest BCUT2D eigenvalue weighted by Gasteiger charge is 2.32. The van der Waals surface area contributed by atoms with Crippen LogP contribution in [0.15, 0.2) is 48.5 Å². The molecule has 2 rings (SSSR count). The van der Waals surface area contributed by atoms with Gasteiger partial charge in [-0.25, -0.2) is 9.59 Å². The van der Waals surface area contributed by atoms with Crippen LogP contribution in [0.2, 0.25) is 0 Å². The molecule has 0 fully saturated rings. The van der Waals surface area contributed by atoms with Crippen LogP contribution in [0.25, 0.3) is 0 Å². The van der Waals surface area contributed by atoms with E-state index >= 15 is 0 Å². The number of hydrogen-bond donors (Lipinski definition) is 2. The molecule has 2 aromatic carbocycles. The number of aliphatic hydroxyl groups excluding tert-OH is 2. The second kappa shape index (κ2) is 8.31. The zero-order chi connectivity index (χ0) is 17.5. The predicted octanol–water partition coefficient (Wildman–Crippen LogP) is 2.34. The minimum absolute atomic E-state index is 0.110. The molecule has 0 radical (unpaired) electrons. The van der Waals surface area contributed by atoms with Gasteiger partial charge in [0.1, 0.15) is 0 Å². The van der Waals surface area contributed by atoms with Crippen LogP contribution in [0.1, 0.15) is 31.8 Å². The summed E-state index contributed by atoms with van der Waals surface area (Å²) in [4.78, 5) is 23.5. The van der Waals surface area contributed by atoms with Crippen molar-refractivity contribution in [2.45, 2.75) is 13.2 Å². The van der Waals surface area contributed by atoms with Crippen molar-refractivity contribution in [3.8, 4) is 0 Å². The monoisotopic (exact) mass is 349 g/mol. The van der Waals surface area contributed by atoms with Crippen molar-refractivity contribution in [3.05, 3.63) is 70.8 Å². The molecule has 0 aliphatic heterocycles. The summed E-state index contributed by atoms with van der Waals surface area (Å²) in [5.74, 6) is -1.83. The minimum Gasteiger partial charge on any atom is -0.392 e. The summed E-state index contributed by atoms with van der Waals surface area (Å²) in [6.45, 7) is -0.341. The molecular formula is C16H14O7P+. The van der Waals surface area contributed by atoms with E-state index in [0.29, 0.717) is 11.1 Å². The number of benzene rings is 2. The molecule has 0 unspecified atom stereocenters. The Morgan fingerprint density at radius 1 is 0.750 bits per heavy atom. The van der Waals surface area contributed by atoms with Gasteiger partial charge in [0.25, 0.3) is 0 Å². The molecule has 0 saturated heterocycles. The molecule has 0 aromatic heterocycles. The van der Waals surface area contributed by atoms with Crippen molar-refractivity contribution in [1.82, 2.24) is 0 Å². The molecular weight excluding hydrogens is 335 g/mol. The van der Waals surface area contributed by atoms with E-state index in [2.05, 4.69) is 9.05 Å². The summed E-state index contributed by atoms with van der Waals surface area (Å²) >= 11 is 0. The molecule has 0 heterocycles. The summed E-state index contributed by atoms with van der Waals surface area (Å²) in [6, 6.07) is 11.6. The average molecular weight is 349 g/mol. The molecule has 2 N–H and O–H groups in total. The maximum Gasteiger partial charge on any atom is 0.812 e. The summed E-state index contributed by atoms with van der Waals surface area (Å²) in [7, 11) is -2.98. The van der Waals surface area contributed by atoms with Gasteiger partial charge in [0, 0.05) is 4.57 Å². The average Bonchev–Trinajstić information content (AvgIpc) is 2.61. The molecule has 8 heteroatoms. The quantitative estimate of drug-likeness (QED) is 0.770. The second-order valence-electron chi connectivity index (χ2n) is 4.69. The largest absolute Gasteiger partial charge is 0.812 e. The van der Waals surface area contributed by atoms with Gasteiger partial charge in [0.2, 0.25) is 0 Å². The Morgan fingerprint density at radius 3 is 1.38 bits per heavy atom. The topological polar surface area (TPSA) is 110 Å². The Balaban J connectivity index is 1.93. The maximum atomic E-state index is 11.8. The molecule has 0 spiro atoms. The molecule has 24 heavy (non-hydrogen) atoms. The lowest BCUT2D eigenvalue weighted by Crippen LogP contribution is -2.04. The van der Waals surface area contributed by atoms with Gasteiger partial charge < -0.3 is 10.2 Å². The summed E-state index contributed by atoms with van der Waals surface area (Å²) in [5, 5.41) is 17.8. The van der Waals surface area contributed by atoms with Gasteiger partial charge in [-0.1, -0.05) is 24.3 Å². The fourth-order valence-electron chi connectivity index (χ4n) is 1.75. The maximum absolute atomic E-state index is 11.8. The number of carbonyl (C=O) groups is 2. The van der Waals surface area contributed by atoms with Gasteiger partial charge in [0.15, 0.2) is 0 Å². The van der Waals surface area contributed by atoms with Crippen LogP contribution < -0.4 is 0 Å². The first-order valence-corrected chi connectivity index (χ1v) is 7.94. The van der Waals surface area contributed by atoms with Gasteiger partial charge >= 0.3 is 20.2 Å². The zero-order valence-corrected chi connectivity index (χ0v) is 13.3. The van der Waals surface area contributed by atoms with Crippen molar-refractivity contribution in [2.75, 3.05) is 0 Å². The van der Waals surface area contributed by atoms with Crippen LogP contribution in [0.3, 0.4) is 0 Å². The highest BCUT2D eigenvalue weighted by molar-refractivity contribution is 7.34. The lowest BCUT2D eigenvalue weighted by Gasteiger charge is -1.98. The van der Waals surface area contributed by atoms with E-state index < -0.39 is 20.2 Å². The van der Waals surface area contributed by atoms with Crippen molar-refractivity contribution in [1.29, 1.82) is 0 Å². The third-order valence-electron chi connectivity index (χ3n) is 3.06. The van der Waals surface area contributed by atoms with E-state index in [1.54, 1.807) is 0 Å². The van der Waals surface area contributed by atoms with Gasteiger partial charge in [0.05, 0.1) is 24.3 Å². The third kappa shape index (κ3) is 4.70. The van der Waals surface area contributed by atoms with Crippen LogP contribution in [0.4, 0.5) is 0 Å². The highest BCUT2D eigenvalue weighted by Crippen LogP contribution is 2.27. The molecule has 124 valence electrons. The van der Waals surface area contributed by atoms with Gasteiger partial charge in [-0.3, -0.25) is 0 Å². The Hall–Kier alpha value is -2.60. The fourth-order valence-corrected chi connectivity index (χ4v) is 2.27. The zero-order valence-electron chi connectivity index (χ0n) is 12.4. The highest BCUT2D eigenvalue weighted by atomic mass is 31.1. The van der Waals surface area contributed by atoms with Crippen LogP contribution in [0.5, 0.6) is 0 Å². The minimum atomic E-state index is -2.98. The first-order chi connectivity index (χ1) is 11.5. The molecule has 7 nitrogen and oxygen atoms in total. The van der Waals surface area contributed by atoms with E-state index in [0.717, 1.165) is 0 Å². The van der Waals surface area contributed by atoms with E-state index in [-0.39, 0.29) is 24.3 Å². The molecule has 2 aromatic rings. The summed E-state index contributed by atoms with van der Waals surface area (Å²) in [5.41, 5.74) is 1.43. The van der Waals surface area contributed by atoms with Crippen molar-refractivity contribution in [2.24, 2.45) is 0 Å². The first-order valence-electron chi connectivity index (χ1n) is 6.85. The first kappa shape index (κ1) is 17.7. The standard InChI is InChI=1S/C16H14O7P/c17-9-11-1-5-13(6-2-11)15(19)22-24(21)23-16(20)14-7-3-12(10-18)4-8-14/h1-8,17-18H,9-10H2/q+1. The van der Waals surface area contributed by atoms with Crippen LogP contribution >= 0.6 is 8.25 Å². The number of carbonyl (C=O) groups excluding carboxylic acids is 2. The smallest absolute Gasteiger partial charge is 0.392 e. The van der Waals surface area contributed by atoms with Gasteiger partial charge in [-0.2, -0.15) is 9.05 Å². The molecule has 0 bridgehead atoms. The molecule has 0 saturated carbocycles. The van der Waals surface area contributed by atoms with E-state index in [4.69, 9.17) is 10.2 Å². The number of aliphatic hydroxyl groups is 2. The third-order valence-corrected chi connectivity index (χ3v) is 3.69. The van der Waals surface area contributed by atoms with Crippen LogP contribution in [0, 0.1) is 0 Å². The Bertz CT molecular complexity index is 675. The van der Waals surface area contributed by atoms with Crippen LogP contribution in [-0.4, -0.2) is 22.2 Å². The van der Waals surface area contributed by atoms with E-state index in [1.807, 2.05) is 0 Å². The Labute approximate surface area is 138 Å². The van der Waals surface area contributed by atoms with Gasteiger partial charge in [-0.05, 0) is 35.4 Å².